The summed E-state index contributed by atoms with van der Waals surface area (Å²) in [5.74, 6) is 1.48. The van der Waals surface area contributed by atoms with Crippen molar-refractivity contribution in [3.8, 4) is 5.88 Å². The topological polar surface area (TPSA) is 61.8 Å². The van der Waals surface area contributed by atoms with Crippen LogP contribution in [0.15, 0.2) is 53.7 Å². The minimum absolute atomic E-state index is 0.392. The van der Waals surface area contributed by atoms with Crippen LogP contribution >= 0.6 is 0 Å². The zero-order chi connectivity index (χ0) is 19.8. The molecule has 3 rings (SSSR count). The number of hydrogen-bond donors (Lipinski definition) is 2. The second kappa shape index (κ2) is 10.1. The Morgan fingerprint density at radius 3 is 2.82 bits per heavy atom. The van der Waals surface area contributed by atoms with Crippen LogP contribution < -0.4 is 15.4 Å². The number of nitrogens with one attached hydrogen (secondary N) is 2. The molecule has 1 aromatic carbocycles. The number of likely N-dealkylation sites (tertiary alicyclic amines) is 1. The van der Waals surface area contributed by atoms with Gasteiger partial charge in [0.25, 0.3) is 0 Å². The quantitative estimate of drug-likeness (QED) is 0.570. The predicted octanol–water partition coefficient (Wildman–Crippen LogP) is 2.81. The maximum Gasteiger partial charge on any atom is 0.213 e. The van der Waals surface area contributed by atoms with Crippen molar-refractivity contribution in [2.45, 2.75) is 45.4 Å². The van der Waals surface area contributed by atoms with Gasteiger partial charge in [0, 0.05) is 44.0 Å². The molecule has 28 heavy (non-hydrogen) atoms. The molecule has 150 valence electrons. The normalized spacial score (nSPS) is 20.2. The number of rotatable bonds is 7. The van der Waals surface area contributed by atoms with E-state index in [2.05, 4.69) is 64.7 Å². The summed E-state index contributed by atoms with van der Waals surface area (Å²) in [5.41, 5.74) is 2.44. The van der Waals surface area contributed by atoms with Crippen molar-refractivity contribution in [2.24, 2.45) is 4.99 Å². The van der Waals surface area contributed by atoms with Crippen molar-refractivity contribution in [3.05, 3.63) is 59.8 Å². The van der Waals surface area contributed by atoms with Crippen LogP contribution in [0.5, 0.6) is 5.88 Å². The molecule has 6 heteroatoms. The molecule has 1 aliphatic heterocycles. The van der Waals surface area contributed by atoms with E-state index in [1.54, 1.807) is 13.3 Å². The summed E-state index contributed by atoms with van der Waals surface area (Å²) in [7, 11) is 1.63. The smallest absolute Gasteiger partial charge is 0.213 e. The molecule has 2 aromatic rings. The number of aliphatic imine (C=N–C) groups is 1. The van der Waals surface area contributed by atoms with E-state index < -0.39 is 0 Å². The zero-order valence-electron chi connectivity index (χ0n) is 17.1. The van der Waals surface area contributed by atoms with Crippen molar-refractivity contribution in [3.63, 3.8) is 0 Å². The third-order valence-corrected chi connectivity index (χ3v) is 5.05. The molecule has 0 amide bonds. The van der Waals surface area contributed by atoms with Gasteiger partial charge in [0.1, 0.15) is 0 Å². The molecule has 2 atom stereocenters. The lowest BCUT2D eigenvalue weighted by Crippen LogP contribution is -2.44. The summed E-state index contributed by atoms with van der Waals surface area (Å²) < 4.78 is 5.19. The van der Waals surface area contributed by atoms with Crippen LogP contribution in [0.1, 0.15) is 31.4 Å². The molecule has 2 N–H and O–H groups in total. The van der Waals surface area contributed by atoms with Gasteiger partial charge in [0.15, 0.2) is 5.96 Å². The molecular weight excluding hydrogens is 350 g/mol. The molecular formula is C22H31N5O. The van der Waals surface area contributed by atoms with Gasteiger partial charge >= 0.3 is 0 Å². The van der Waals surface area contributed by atoms with Crippen LogP contribution in [0, 0.1) is 0 Å². The highest BCUT2D eigenvalue weighted by atomic mass is 16.5. The third-order valence-electron chi connectivity index (χ3n) is 5.05. The first-order valence-electron chi connectivity index (χ1n) is 9.99. The average molecular weight is 382 g/mol. The maximum atomic E-state index is 5.19. The Kier molecular flexibility index (Phi) is 7.25. The van der Waals surface area contributed by atoms with E-state index >= 15 is 0 Å². The minimum Gasteiger partial charge on any atom is -0.481 e. The Hall–Kier alpha value is -2.60. The fraction of sp³-hybridized carbons (Fsp3) is 0.455. The number of nitrogens with zero attached hydrogens (tertiary/aromatic N) is 3. The molecule has 1 aliphatic rings. The van der Waals surface area contributed by atoms with Gasteiger partial charge in [-0.2, -0.15) is 0 Å². The highest BCUT2D eigenvalue weighted by Crippen LogP contribution is 2.20. The van der Waals surface area contributed by atoms with Crippen molar-refractivity contribution < 1.29 is 4.74 Å². The van der Waals surface area contributed by atoms with Gasteiger partial charge in [0.2, 0.25) is 5.88 Å². The predicted molar refractivity (Wildman–Crippen MR) is 113 cm³/mol. The highest BCUT2D eigenvalue weighted by molar-refractivity contribution is 5.80. The number of methoxy groups -OCH3 is 1. The molecule has 2 unspecified atom stereocenters. The van der Waals surface area contributed by atoms with Crippen molar-refractivity contribution in [1.29, 1.82) is 0 Å². The van der Waals surface area contributed by atoms with Gasteiger partial charge in [-0.25, -0.2) is 9.98 Å². The van der Waals surface area contributed by atoms with E-state index in [1.807, 2.05) is 12.1 Å². The van der Waals surface area contributed by atoms with Crippen LogP contribution in [0.4, 0.5) is 0 Å². The molecule has 2 heterocycles. The average Bonchev–Trinajstić information content (AvgIpc) is 3.06. The van der Waals surface area contributed by atoms with Crippen LogP contribution in [-0.4, -0.2) is 48.1 Å². The van der Waals surface area contributed by atoms with E-state index in [1.165, 1.54) is 5.56 Å². The second-order valence-electron chi connectivity index (χ2n) is 7.24. The summed E-state index contributed by atoms with van der Waals surface area (Å²) in [5, 5.41) is 6.97. The Labute approximate surface area is 168 Å². The molecule has 0 saturated carbocycles. The fourth-order valence-corrected chi connectivity index (χ4v) is 3.59. The minimum atomic E-state index is 0.392. The number of pyridine rings is 1. The molecule has 0 bridgehead atoms. The molecule has 1 aromatic heterocycles. The SMILES string of the molecule is CCNC(=NCc1ccnc(OC)c1)NC1CC(C)N(Cc2ccccc2)C1. The Morgan fingerprint density at radius 2 is 2.07 bits per heavy atom. The number of benzene rings is 1. The summed E-state index contributed by atoms with van der Waals surface area (Å²) in [6.07, 6.45) is 2.87. The highest BCUT2D eigenvalue weighted by Gasteiger charge is 2.29. The lowest BCUT2D eigenvalue weighted by Gasteiger charge is -2.21. The number of guanidine groups is 1. The van der Waals surface area contributed by atoms with Crippen molar-refractivity contribution >= 4 is 5.96 Å². The standard InChI is InChI=1S/C22H31N5O/c1-4-23-22(25-14-19-10-11-24-21(13-19)28-3)26-20-12-17(2)27(16-20)15-18-8-6-5-7-9-18/h5-11,13,17,20H,4,12,14-16H2,1-3H3,(H2,23,25,26). The summed E-state index contributed by atoms with van der Waals surface area (Å²) >= 11 is 0. The summed E-state index contributed by atoms with van der Waals surface area (Å²) in [6.45, 7) is 7.82. The van der Waals surface area contributed by atoms with Gasteiger partial charge in [-0.1, -0.05) is 30.3 Å². The fourth-order valence-electron chi connectivity index (χ4n) is 3.59. The zero-order valence-corrected chi connectivity index (χ0v) is 17.1. The monoisotopic (exact) mass is 381 g/mol. The molecule has 1 saturated heterocycles. The number of ether oxygens (including phenoxy) is 1. The van der Waals surface area contributed by atoms with Crippen LogP contribution in [0.3, 0.4) is 0 Å². The number of hydrogen-bond acceptors (Lipinski definition) is 4. The van der Waals surface area contributed by atoms with Crippen molar-refractivity contribution in [1.82, 2.24) is 20.5 Å². The Bertz CT molecular complexity index is 765. The van der Waals surface area contributed by atoms with Gasteiger partial charge in [-0.3, -0.25) is 4.90 Å². The molecule has 6 nitrogen and oxygen atoms in total. The van der Waals surface area contributed by atoms with E-state index in [-0.39, 0.29) is 0 Å². The first-order valence-corrected chi connectivity index (χ1v) is 9.99. The van der Waals surface area contributed by atoms with Crippen molar-refractivity contribution in [2.75, 3.05) is 20.2 Å². The van der Waals surface area contributed by atoms with Crippen LogP contribution in [0.25, 0.3) is 0 Å². The van der Waals surface area contributed by atoms with Crippen LogP contribution in [0.2, 0.25) is 0 Å². The van der Waals surface area contributed by atoms with E-state index in [9.17, 15) is 0 Å². The second-order valence-corrected chi connectivity index (χ2v) is 7.24. The van der Waals surface area contributed by atoms with E-state index in [0.29, 0.717) is 24.5 Å². The van der Waals surface area contributed by atoms with Gasteiger partial charge in [0.05, 0.1) is 13.7 Å². The van der Waals surface area contributed by atoms with Crippen LogP contribution in [-0.2, 0) is 13.1 Å². The van der Waals surface area contributed by atoms with E-state index in [0.717, 1.165) is 37.6 Å². The van der Waals surface area contributed by atoms with Gasteiger partial charge < -0.3 is 15.4 Å². The first-order chi connectivity index (χ1) is 13.7. The van der Waals surface area contributed by atoms with E-state index in [4.69, 9.17) is 9.73 Å². The van der Waals surface area contributed by atoms with Gasteiger partial charge in [-0.05, 0) is 37.5 Å². The molecule has 0 radical (unpaired) electrons. The molecule has 0 spiro atoms. The summed E-state index contributed by atoms with van der Waals surface area (Å²) in [4.78, 5) is 11.4. The first kappa shape index (κ1) is 20.1. The number of aromatic nitrogens is 1. The Balaban J connectivity index is 1.59. The molecule has 1 fully saturated rings. The summed E-state index contributed by atoms with van der Waals surface area (Å²) in [6, 6.07) is 15.5. The Morgan fingerprint density at radius 1 is 1.25 bits per heavy atom. The maximum absolute atomic E-state index is 5.19. The largest absolute Gasteiger partial charge is 0.481 e. The lowest BCUT2D eigenvalue weighted by molar-refractivity contribution is 0.258. The van der Waals surface area contributed by atoms with Gasteiger partial charge in [-0.15, -0.1) is 0 Å². The lowest BCUT2D eigenvalue weighted by atomic mass is 10.2. The molecule has 0 aliphatic carbocycles. The third kappa shape index (κ3) is 5.70.